The highest BCUT2D eigenvalue weighted by atomic mass is 35.5. The molecular weight excluding hydrogens is 176 g/mol. The summed E-state index contributed by atoms with van der Waals surface area (Å²) in [5.74, 6) is 0.519. The van der Waals surface area contributed by atoms with Crippen LogP contribution < -0.4 is 0 Å². The molecule has 0 N–H and O–H groups in total. The molecule has 1 saturated heterocycles. The smallest absolute Gasteiger partial charge is 0.309 e. The highest BCUT2D eigenvalue weighted by Crippen LogP contribution is 2.38. The second kappa shape index (κ2) is 3.09. The van der Waals surface area contributed by atoms with Crippen LogP contribution in [0, 0.1) is 11.8 Å². The van der Waals surface area contributed by atoms with E-state index in [-0.39, 0.29) is 18.0 Å². The molecular formula is C9H11ClO2. The first-order valence-corrected chi connectivity index (χ1v) is 4.72. The molecule has 2 bridgehead atoms. The number of ether oxygens (including phenoxy) is 1. The zero-order valence-electron chi connectivity index (χ0n) is 6.70. The van der Waals surface area contributed by atoms with Crippen molar-refractivity contribution in [3.8, 4) is 0 Å². The molecule has 3 unspecified atom stereocenters. The average Bonchev–Trinajstić information content (AvgIpc) is 2.35. The number of hydrogen-bond acceptors (Lipinski definition) is 2. The highest BCUT2D eigenvalue weighted by molar-refractivity contribution is 6.25. The lowest BCUT2D eigenvalue weighted by Gasteiger charge is -2.22. The van der Waals surface area contributed by atoms with E-state index in [4.69, 9.17) is 16.3 Å². The summed E-state index contributed by atoms with van der Waals surface area (Å²) in [5, 5.41) is 0. The predicted octanol–water partition coefficient (Wildman–Crippen LogP) is 2.08. The molecule has 0 amide bonds. The number of carbonyl (C=O) groups is 1. The molecule has 2 aliphatic rings. The number of rotatable bonds is 1. The number of carbonyl (C=O) groups excluding carboxylic acids is 1. The van der Waals surface area contributed by atoms with E-state index in [0.29, 0.717) is 5.92 Å². The minimum Gasteiger partial charge on any atom is -0.462 e. The van der Waals surface area contributed by atoms with Gasteiger partial charge in [0, 0.05) is 11.5 Å². The van der Waals surface area contributed by atoms with Crippen LogP contribution in [0.4, 0.5) is 0 Å². The first kappa shape index (κ1) is 8.11. The summed E-state index contributed by atoms with van der Waals surface area (Å²) in [4.78, 5) is 11.1. The van der Waals surface area contributed by atoms with E-state index in [1.54, 1.807) is 0 Å². The van der Waals surface area contributed by atoms with Crippen molar-refractivity contribution in [2.24, 2.45) is 11.8 Å². The molecule has 12 heavy (non-hydrogen) atoms. The van der Waals surface area contributed by atoms with E-state index in [9.17, 15) is 4.79 Å². The highest BCUT2D eigenvalue weighted by Gasteiger charge is 2.42. The third-order valence-electron chi connectivity index (χ3n) is 2.76. The van der Waals surface area contributed by atoms with Gasteiger partial charge < -0.3 is 4.74 Å². The molecule has 2 fully saturated rings. The van der Waals surface area contributed by atoms with Crippen molar-refractivity contribution in [3.63, 3.8) is 0 Å². The molecule has 1 heterocycles. The fourth-order valence-electron chi connectivity index (χ4n) is 2.06. The molecule has 66 valence electrons. The maximum Gasteiger partial charge on any atom is 0.309 e. The Hall–Kier alpha value is -0.500. The average molecular weight is 187 g/mol. The molecule has 1 saturated carbocycles. The first-order valence-electron chi connectivity index (χ1n) is 4.28. The molecule has 0 spiro atoms. The van der Waals surface area contributed by atoms with Gasteiger partial charge in [0.15, 0.2) is 0 Å². The second-order valence-corrected chi connectivity index (χ2v) is 3.72. The van der Waals surface area contributed by atoms with Crippen LogP contribution in [0.1, 0.15) is 19.3 Å². The van der Waals surface area contributed by atoms with Gasteiger partial charge in [-0.1, -0.05) is 17.7 Å². The number of halogens is 1. The summed E-state index contributed by atoms with van der Waals surface area (Å²) in [6, 6.07) is 0. The Labute approximate surface area is 76.5 Å². The van der Waals surface area contributed by atoms with Crippen LogP contribution in [0.3, 0.4) is 0 Å². The Morgan fingerprint density at radius 2 is 2.33 bits per heavy atom. The SMILES string of the molecule is O=C1OC2CC1CCC2/C=C/Cl. The van der Waals surface area contributed by atoms with Gasteiger partial charge in [-0.15, -0.1) is 0 Å². The molecule has 3 atom stereocenters. The van der Waals surface area contributed by atoms with Crippen molar-refractivity contribution in [2.45, 2.75) is 25.4 Å². The van der Waals surface area contributed by atoms with Gasteiger partial charge in [0.2, 0.25) is 0 Å². The Bertz CT molecular complexity index is 225. The summed E-state index contributed by atoms with van der Waals surface area (Å²) in [5.41, 5.74) is 1.52. The predicted molar refractivity (Wildman–Crippen MR) is 45.7 cm³/mol. The van der Waals surface area contributed by atoms with Crippen molar-refractivity contribution >= 4 is 17.6 Å². The summed E-state index contributed by atoms with van der Waals surface area (Å²) >= 11 is 5.49. The van der Waals surface area contributed by atoms with E-state index < -0.39 is 0 Å². The van der Waals surface area contributed by atoms with Crippen LogP contribution in [0.25, 0.3) is 0 Å². The first-order chi connectivity index (χ1) is 5.81. The number of esters is 1. The van der Waals surface area contributed by atoms with E-state index in [1.165, 1.54) is 5.54 Å². The van der Waals surface area contributed by atoms with Crippen LogP contribution in [0.15, 0.2) is 11.6 Å². The lowest BCUT2D eigenvalue weighted by molar-refractivity contribution is -0.144. The van der Waals surface area contributed by atoms with E-state index in [1.807, 2.05) is 6.08 Å². The monoisotopic (exact) mass is 186 g/mol. The number of hydrogen-bond donors (Lipinski definition) is 0. The van der Waals surface area contributed by atoms with E-state index >= 15 is 0 Å². The Morgan fingerprint density at radius 3 is 3.08 bits per heavy atom. The molecule has 0 aromatic heterocycles. The van der Waals surface area contributed by atoms with Crippen molar-refractivity contribution in [3.05, 3.63) is 11.6 Å². The van der Waals surface area contributed by atoms with Crippen LogP contribution in [-0.2, 0) is 9.53 Å². The molecule has 1 aliphatic carbocycles. The normalized spacial score (nSPS) is 40.4. The zero-order valence-corrected chi connectivity index (χ0v) is 7.46. The zero-order chi connectivity index (χ0) is 8.55. The van der Waals surface area contributed by atoms with Gasteiger partial charge in [-0.05, 0) is 19.3 Å². The standard InChI is InChI=1S/C9H11ClO2/c10-4-3-6-1-2-7-5-8(6)12-9(7)11/h3-4,6-8H,1-2,5H2/b4-3+. The number of fused-ring (bicyclic) bond motifs is 2. The lowest BCUT2D eigenvalue weighted by Crippen LogP contribution is -2.21. The molecule has 0 radical (unpaired) electrons. The van der Waals surface area contributed by atoms with Crippen LogP contribution in [0.5, 0.6) is 0 Å². The quantitative estimate of drug-likeness (QED) is 0.587. The minimum atomic E-state index is -0.00882. The fourth-order valence-corrected chi connectivity index (χ4v) is 2.25. The molecule has 1 aliphatic heterocycles. The molecule has 0 aromatic carbocycles. The van der Waals surface area contributed by atoms with E-state index in [2.05, 4.69) is 0 Å². The molecule has 3 heteroatoms. The lowest BCUT2D eigenvalue weighted by atomic mass is 9.82. The van der Waals surface area contributed by atoms with Crippen LogP contribution >= 0.6 is 11.6 Å². The second-order valence-electron chi connectivity index (χ2n) is 3.47. The summed E-state index contributed by atoms with van der Waals surface area (Å²) in [6.07, 6.45) is 4.92. The molecule has 2 nitrogen and oxygen atoms in total. The Balaban J connectivity index is 2.09. The third kappa shape index (κ3) is 1.24. The third-order valence-corrected chi connectivity index (χ3v) is 2.91. The summed E-state index contributed by atoms with van der Waals surface area (Å²) < 4.78 is 5.20. The largest absolute Gasteiger partial charge is 0.462 e. The van der Waals surface area contributed by atoms with Gasteiger partial charge in [-0.25, -0.2) is 0 Å². The molecule has 2 rings (SSSR count). The topological polar surface area (TPSA) is 26.3 Å². The van der Waals surface area contributed by atoms with Gasteiger partial charge in [0.25, 0.3) is 0 Å². The van der Waals surface area contributed by atoms with Gasteiger partial charge in [-0.3, -0.25) is 4.79 Å². The maximum absolute atomic E-state index is 11.1. The van der Waals surface area contributed by atoms with Crippen molar-refractivity contribution in [2.75, 3.05) is 0 Å². The van der Waals surface area contributed by atoms with Gasteiger partial charge in [-0.2, -0.15) is 0 Å². The molecule has 0 aromatic rings. The van der Waals surface area contributed by atoms with Gasteiger partial charge >= 0.3 is 5.97 Å². The van der Waals surface area contributed by atoms with Gasteiger partial charge in [0.05, 0.1) is 5.92 Å². The van der Waals surface area contributed by atoms with Crippen LogP contribution in [0.2, 0.25) is 0 Å². The summed E-state index contributed by atoms with van der Waals surface area (Å²) in [6.45, 7) is 0. The summed E-state index contributed by atoms with van der Waals surface area (Å²) in [7, 11) is 0. The van der Waals surface area contributed by atoms with Gasteiger partial charge in [0.1, 0.15) is 6.10 Å². The van der Waals surface area contributed by atoms with E-state index in [0.717, 1.165) is 19.3 Å². The van der Waals surface area contributed by atoms with Crippen molar-refractivity contribution < 1.29 is 9.53 Å². The Morgan fingerprint density at radius 1 is 1.50 bits per heavy atom. The van der Waals surface area contributed by atoms with Crippen LogP contribution in [-0.4, -0.2) is 12.1 Å². The Kier molecular flexibility index (Phi) is 2.09. The fraction of sp³-hybridized carbons (Fsp3) is 0.667. The minimum absolute atomic E-state index is 0.00882. The maximum atomic E-state index is 11.1. The van der Waals surface area contributed by atoms with Crippen molar-refractivity contribution in [1.82, 2.24) is 0 Å². The van der Waals surface area contributed by atoms with Crippen molar-refractivity contribution in [1.29, 1.82) is 0 Å².